The van der Waals surface area contributed by atoms with Crippen LogP contribution in [0.3, 0.4) is 0 Å². The summed E-state index contributed by atoms with van der Waals surface area (Å²) in [5.41, 5.74) is 6.07. The molecule has 0 amide bonds. The smallest absolute Gasteiger partial charge is 0.0462 e. The summed E-state index contributed by atoms with van der Waals surface area (Å²) in [5.74, 6) is 0. The van der Waals surface area contributed by atoms with E-state index in [2.05, 4.69) is 29.5 Å². The van der Waals surface area contributed by atoms with E-state index in [9.17, 15) is 0 Å². The van der Waals surface area contributed by atoms with Crippen LogP contribution in [0.2, 0.25) is 0 Å². The van der Waals surface area contributed by atoms with Crippen LogP contribution >= 0.6 is 11.3 Å². The molecule has 4 heteroatoms. The minimum absolute atomic E-state index is 0.262. The van der Waals surface area contributed by atoms with Crippen LogP contribution in [0.25, 0.3) is 0 Å². The van der Waals surface area contributed by atoms with Crippen molar-refractivity contribution in [2.75, 3.05) is 33.9 Å². The highest BCUT2D eigenvalue weighted by Gasteiger charge is 2.07. The van der Waals surface area contributed by atoms with Crippen LogP contribution in [0.5, 0.6) is 0 Å². The Bertz CT molecular complexity index is 277. The summed E-state index contributed by atoms with van der Waals surface area (Å²) >= 11 is 1.83. The van der Waals surface area contributed by atoms with Gasteiger partial charge in [0, 0.05) is 37.7 Å². The Labute approximate surface area is 109 Å². The van der Waals surface area contributed by atoms with Crippen molar-refractivity contribution >= 4 is 11.3 Å². The molecule has 1 heterocycles. The molecule has 0 radical (unpaired) electrons. The van der Waals surface area contributed by atoms with Gasteiger partial charge in [-0.3, -0.25) is 0 Å². The number of thiophene rings is 1. The Morgan fingerprint density at radius 3 is 3.00 bits per heavy atom. The Hall–Kier alpha value is -0.420. The molecule has 1 aromatic rings. The molecule has 98 valence electrons. The minimum Gasteiger partial charge on any atom is -0.385 e. The van der Waals surface area contributed by atoms with Crippen LogP contribution in [-0.4, -0.2) is 44.8 Å². The van der Waals surface area contributed by atoms with Gasteiger partial charge < -0.3 is 15.4 Å². The normalized spacial score (nSPS) is 13.2. The maximum Gasteiger partial charge on any atom is 0.0462 e. The third kappa shape index (κ3) is 6.78. The second-order valence-electron chi connectivity index (χ2n) is 4.49. The van der Waals surface area contributed by atoms with Gasteiger partial charge in [0.25, 0.3) is 0 Å². The van der Waals surface area contributed by atoms with Gasteiger partial charge in [0.2, 0.25) is 0 Å². The van der Waals surface area contributed by atoms with Crippen LogP contribution in [0, 0.1) is 0 Å². The van der Waals surface area contributed by atoms with E-state index < -0.39 is 0 Å². The quantitative estimate of drug-likeness (QED) is 0.687. The second kappa shape index (κ2) is 8.64. The van der Waals surface area contributed by atoms with E-state index in [1.54, 1.807) is 7.11 Å². The van der Waals surface area contributed by atoms with Crippen molar-refractivity contribution in [3.63, 3.8) is 0 Å². The molecule has 0 fully saturated rings. The first-order valence-corrected chi connectivity index (χ1v) is 7.05. The molecule has 1 rings (SSSR count). The maximum absolute atomic E-state index is 6.07. The number of methoxy groups -OCH3 is 1. The number of hydrogen-bond donors (Lipinski definition) is 1. The summed E-state index contributed by atoms with van der Waals surface area (Å²) in [7, 11) is 3.88. The van der Waals surface area contributed by atoms with E-state index in [1.165, 1.54) is 4.88 Å². The van der Waals surface area contributed by atoms with E-state index in [1.807, 2.05) is 11.3 Å². The second-order valence-corrected chi connectivity index (χ2v) is 5.52. The zero-order valence-corrected chi connectivity index (χ0v) is 11.7. The van der Waals surface area contributed by atoms with Gasteiger partial charge in [-0.15, -0.1) is 11.3 Å². The SMILES string of the molecule is COCCCC(N)CN(C)CCc1cccs1. The van der Waals surface area contributed by atoms with Gasteiger partial charge in [0.1, 0.15) is 0 Å². The summed E-state index contributed by atoms with van der Waals surface area (Å²) in [4.78, 5) is 3.77. The van der Waals surface area contributed by atoms with Gasteiger partial charge in [0.15, 0.2) is 0 Å². The summed E-state index contributed by atoms with van der Waals surface area (Å²) in [5, 5.41) is 2.13. The van der Waals surface area contributed by atoms with Crippen molar-refractivity contribution in [2.45, 2.75) is 25.3 Å². The van der Waals surface area contributed by atoms with Gasteiger partial charge in [-0.05, 0) is 37.8 Å². The fourth-order valence-corrected chi connectivity index (χ4v) is 2.53. The Balaban J connectivity index is 2.09. The molecule has 1 aromatic heterocycles. The molecule has 0 aliphatic rings. The van der Waals surface area contributed by atoms with Gasteiger partial charge in [-0.1, -0.05) is 6.07 Å². The first-order chi connectivity index (χ1) is 8.22. The lowest BCUT2D eigenvalue weighted by Gasteiger charge is -2.20. The zero-order chi connectivity index (χ0) is 12.5. The first kappa shape index (κ1) is 14.6. The molecule has 3 nitrogen and oxygen atoms in total. The predicted octanol–water partition coefficient (Wildman–Crippen LogP) is 1.98. The topological polar surface area (TPSA) is 38.5 Å². The average Bonchev–Trinajstić information content (AvgIpc) is 2.79. The third-order valence-electron chi connectivity index (χ3n) is 2.79. The highest BCUT2D eigenvalue weighted by atomic mass is 32.1. The average molecular weight is 256 g/mol. The van der Waals surface area contributed by atoms with E-state index in [-0.39, 0.29) is 6.04 Å². The first-order valence-electron chi connectivity index (χ1n) is 6.18. The van der Waals surface area contributed by atoms with E-state index in [0.29, 0.717) is 0 Å². The van der Waals surface area contributed by atoms with Crippen LogP contribution in [0.15, 0.2) is 17.5 Å². The summed E-state index contributed by atoms with van der Waals surface area (Å²) < 4.78 is 5.03. The largest absolute Gasteiger partial charge is 0.385 e. The number of likely N-dealkylation sites (N-methyl/N-ethyl adjacent to an activating group) is 1. The van der Waals surface area contributed by atoms with Crippen LogP contribution in [-0.2, 0) is 11.2 Å². The number of rotatable bonds is 9. The molecule has 0 spiro atoms. The number of hydrogen-bond acceptors (Lipinski definition) is 4. The number of nitrogens with two attached hydrogens (primary N) is 1. The van der Waals surface area contributed by atoms with Gasteiger partial charge in [0.05, 0.1) is 0 Å². The monoisotopic (exact) mass is 256 g/mol. The molecule has 0 saturated heterocycles. The van der Waals surface area contributed by atoms with Crippen molar-refractivity contribution in [3.05, 3.63) is 22.4 Å². The highest BCUT2D eigenvalue weighted by Crippen LogP contribution is 2.09. The van der Waals surface area contributed by atoms with Crippen LogP contribution in [0.4, 0.5) is 0 Å². The molecular formula is C13H24N2OS. The molecular weight excluding hydrogens is 232 g/mol. The lowest BCUT2D eigenvalue weighted by atomic mass is 10.1. The van der Waals surface area contributed by atoms with Gasteiger partial charge in [-0.2, -0.15) is 0 Å². The predicted molar refractivity (Wildman–Crippen MR) is 74.6 cm³/mol. The van der Waals surface area contributed by atoms with Gasteiger partial charge >= 0.3 is 0 Å². The van der Waals surface area contributed by atoms with Crippen LogP contribution in [0.1, 0.15) is 17.7 Å². The summed E-state index contributed by atoms with van der Waals surface area (Å²) in [6, 6.07) is 4.56. The van der Waals surface area contributed by atoms with Gasteiger partial charge in [-0.25, -0.2) is 0 Å². The lowest BCUT2D eigenvalue weighted by molar-refractivity contribution is 0.187. The molecule has 0 aliphatic carbocycles. The Morgan fingerprint density at radius 1 is 1.53 bits per heavy atom. The molecule has 2 N–H and O–H groups in total. The van der Waals surface area contributed by atoms with E-state index in [4.69, 9.17) is 10.5 Å². The molecule has 17 heavy (non-hydrogen) atoms. The molecule has 0 saturated carbocycles. The molecule has 0 bridgehead atoms. The zero-order valence-electron chi connectivity index (χ0n) is 10.9. The maximum atomic E-state index is 6.07. The third-order valence-corrected chi connectivity index (χ3v) is 3.73. The van der Waals surface area contributed by atoms with Crippen molar-refractivity contribution in [1.29, 1.82) is 0 Å². The molecule has 1 atom stereocenters. The Morgan fingerprint density at radius 2 is 2.35 bits per heavy atom. The van der Waals surface area contributed by atoms with Crippen LogP contribution < -0.4 is 5.73 Å². The van der Waals surface area contributed by atoms with E-state index >= 15 is 0 Å². The Kier molecular flexibility index (Phi) is 7.44. The van der Waals surface area contributed by atoms with Crippen molar-refractivity contribution in [1.82, 2.24) is 4.90 Å². The fourth-order valence-electron chi connectivity index (χ4n) is 1.83. The highest BCUT2D eigenvalue weighted by molar-refractivity contribution is 7.09. The summed E-state index contributed by atoms with van der Waals surface area (Å²) in [6.07, 6.45) is 3.21. The van der Waals surface area contributed by atoms with Crippen molar-refractivity contribution in [3.8, 4) is 0 Å². The molecule has 1 unspecified atom stereocenters. The lowest BCUT2D eigenvalue weighted by Crippen LogP contribution is -2.36. The van der Waals surface area contributed by atoms with E-state index in [0.717, 1.165) is 39.0 Å². The minimum atomic E-state index is 0.262. The van der Waals surface area contributed by atoms with Crippen molar-refractivity contribution in [2.24, 2.45) is 5.73 Å². The standard InChI is InChI=1S/C13H24N2OS/c1-15(8-7-13-6-4-10-17-13)11-12(14)5-3-9-16-2/h4,6,10,12H,3,5,7-9,11,14H2,1-2H3. The number of nitrogens with zero attached hydrogens (tertiary/aromatic N) is 1. The van der Waals surface area contributed by atoms with Crippen molar-refractivity contribution < 1.29 is 4.74 Å². The number of ether oxygens (including phenoxy) is 1. The fraction of sp³-hybridized carbons (Fsp3) is 0.692. The molecule has 0 aromatic carbocycles. The molecule has 0 aliphatic heterocycles. The summed E-state index contributed by atoms with van der Waals surface area (Å²) in [6.45, 7) is 2.86.